The van der Waals surface area contributed by atoms with Gasteiger partial charge in [-0.2, -0.15) is 0 Å². The van der Waals surface area contributed by atoms with E-state index in [4.69, 9.17) is 4.74 Å². The fraction of sp³-hybridized carbons (Fsp3) is 0.944. The van der Waals surface area contributed by atoms with Crippen LogP contribution in [-0.4, -0.2) is 12.1 Å². The van der Waals surface area contributed by atoms with Crippen LogP contribution < -0.4 is 0 Å². The quantitative estimate of drug-likeness (QED) is 0.659. The molecule has 20 heavy (non-hydrogen) atoms. The summed E-state index contributed by atoms with van der Waals surface area (Å²) in [5, 5.41) is 0. The van der Waals surface area contributed by atoms with Gasteiger partial charge in [0.1, 0.15) is 6.10 Å². The molecule has 0 radical (unpaired) electrons. The first-order valence-electron chi connectivity index (χ1n) is 8.38. The van der Waals surface area contributed by atoms with Crippen LogP contribution in [0.4, 0.5) is 0 Å². The van der Waals surface area contributed by atoms with Crippen molar-refractivity contribution in [2.75, 3.05) is 0 Å². The second kappa shape index (κ2) is 6.95. The third kappa shape index (κ3) is 4.49. The lowest BCUT2D eigenvalue weighted by Gasteiger charge is -2.39. The van der Waals surface area contributed by atoms with Gasteiger partial charge in [-0.05, 0) is 63.2 Å². The van der Waals surface area contributed by atoms with Crippen LogP contribution in [0.3, 0.4) is 0 Å². The van der Waals surface area contributed by atoms with Crippen molar-refractivity contribution >= 4 is 5.97 Å². The molecule has 2 unspecified atom stereocenters. The summed E-state index contributed by atoms with van der Waals surface area (Å²) in [6.45, 7) is 15.2. The SMILES string of the molecule is CCC(C)(C)C(=O)OC1CC(C(C)C)CC(C(C)C)C1. The Morgan fingerprint density at radius 1 is 1.05 bits per heavy atom. The summed E-state index contributed by atoms with van der Waals surface area (Å²) >= 11 is 0. The first-order chi connectivity index (χ1) is 9.17. The van der Waals surface area contributed by atoms with E-state index in [9.17, 15) is 4.79 Å². The smallest absolute Gasteiger partial charge is 0.311 e. The lowest BCUT2D eigenvalue weighted by atomic mass is 9.71. The van der Waals surface area contributed by atoms with Gasteiger partial charge >= 0.3 is 5.97 Å². The van der Waals surface area contributed by atoms with Crippen LogP contribution in [0.5, 0.6) is 0 Å². The van der Waals surface area contributed by atoms with Crippen molar-refractivity contribution in [2.45, 2.75) is 80.3 Å². The number of carbonyl (C=O) groups is 1. The minimum absolute atomic E-state index is 0.0167. The molecule has 118 valence electrons. The molecule has 0 saturated heterocycles. The van der Waals surface area contributed by atoms with E-state index in [1.807, 2.05) is 13.8 Å². The van der Waals surface area contributed by atoms with Crippen molar-refractivity contribution < 1.29 is 9.53 Å². The van der Waals surface area contributed by atoms with Crippen LogP contribution in [0.25, 0.3) is 0 Å². The van der Waals surface area contributed by atoms with Crippen LogP contribution in [-0.2, 0) is 9.53 Å². The highest BCUT2D eigenvalue weighted by atomic mass is 16.5. The molecule has 1 fully saturated rings. The molecular formula is C18H34O2. The van der Waals surface area contributed by atoms with Crippen LogP contribution in [0, 0.1) is 29.1 Å². The van der Waals surface area contributed by atoms with Gasteiger partial charge in [0.25, 0.3) is 0 Å². The molecule has 0 bridgehead atoms. The molecule has 2 atom stereocenters. The zero-order valence-electron chi connectivity index (χ0n) is 14.5. The van der Waals surface area contributed by atoms with Gasteiger partial charge < -0.3 is 4.74 Å². The zero-order valence-corrected chi connectivity index (χ0v) is 14.5. The van der Waals surface area contributed by atoms with Crippen molar-refractivity contribution in [3.05, 3.63) is 0 Å². The Morgan fingerprint density at radius 2 is 1.50 bits per heavy atom. The minimum atomic E-state index is -0.349. The molecule has 0 heterocycles. The van der Waals surface area contributed by atoms with Crippen LogP contribution >= 0.6 is 0 Å². The molecule has 0 spiro atoms. The first-order valence-corrected chi connectivity index (χ1v) is 8.38. The van der Waals surface area contributed by atoms with Gasteiger partial charge in [0.15, 0.2) is 0 Å². The van der Waals surface area contributed by atoms with E-state index >= 15 is 0 Å². The maximum atomic E-state index is 12.3. The molecule has 0 aromatic heterocycles. The Labute approximate surface area is 125 Å². The van der Waals surface area contributed by atoms with E-state index < -0.39 is 0 Å². The van der Waals surface area contributed by atoms with Crippen LogP contribution in [0.1, 0.15) is 74.1 Å². The third-order valence-corrected chi connectivity index (χ3v) is 5.33. The molecule has 0 amide bonds. The summed E-state index contributed by atoms with van der Waals surface area (Å²) in [5.41, 5.74) is -0.349. The predicted octanol–water partition coefficient (Wildman–Crippen LogP) is 5.06. The lowest BCUT2D eigenvalue weighted by Crippen LogP contribution is -2.37. The topological polar surface area (TPSA) is 26.3 Å². The minimum Gasteiger partial charge on any atom is -0.462 e. The van der Waals surface area contributed by atoms with Crippen LogP contribution in [0.15, 0.2) is 0 Å². The number of rotatable bonds is 5. The predicted molar refractivity (Wildman–Crippen MR) is 84.5 cm³/mol. The summed E-state index contributed by atoms with van der Waals surface area (Å²) in [6.07, 6.45) is 4.35. The number of hydrogen-bond donors (Lipinski definition) is 0. The molecule has 1 rings (SSSR count). The zero-order chi connectivity index (χ0) is 15.5. The molecule has 1 aliphatic carbocycles. The maximum absolute atomic E-state index is 12.3. The Hall–Kier alpha value is -0.530. The number of ether oxygens (including phenoxy) is 1. The number of hydrogen-bond acceptors (Lipinski definition) is 2. The van der Waals surface area contributed by atoms with Gasteiger partial charge in [-0.1, -0.05) is 34.6 Å². The lowest BCUT2D eigenvalue weighted by molar-refractivity contribution is -0.163. The molecule has 2 nitrogen and oxygen atoms in total. The van der Waals surface area contributed by atoms with Gasteiger partial charge in [-0.25, -0.2) is 0 Å². The summed E-state index contributed by atoms with van der Waals surface area (Å²) in [5.74, 6) is 2.73. The fourth-order valence-electron chi connectivity index (χ4n) is 2.99. The van der Waals surface area contributed by atoms with E-state index in [0.717, 1.165) is 19.3 Å². The molecule has 0 aromatic rings. The van der Waals surface area contributed by atoms with Crippen molar-refractivity contribution in [3.8, 4) is 0 Å². The fourth-order valence-corrected chi connectivity index (χ4v) is 2.99. The molecule has 1 aliphatic rings. The molecule has 0 N–H and O–H groups in total. The van der Waals surface area contributed by atoms with Gasteiger partial charge in [-0.15, -0.1) is 0 Å². The van der Waals surface area contributed by atoms with E-state index in [2.05, 4.69) is 34.6 Å². The van der Waals surface area contributed by atoms with Crippen LogP contribution in [0.2, 0.25) is 0 Å². The van der Waals surface area contributed by atoms with E-state index in [0.29, 0.717) is 23.7 Å². The largest absolute Gasteiger partial charge is 0.462 e. The summed E-state index contributed by atoms with van der Waals surface area (Å²) < 4.78 is 5.87. The molecule has 0 aliphatic heterocycles. The van der Waals surface area contributed by atoms with Crippen molar-refractivity contribution in [3.63, 3.8) is 0 Å². The molecule has 0 aromatic carbocycles. The highest BCUT2D eigenvalue weighted by Crippen LogP contribution is 2.39. The van der Waals surface area contributed by atoms with Gasteiger partial charge in [0.2, 0.25) is 0 Å². The summed E-state index contributed by atoms with van der Waals surface area (Å²) in [7, 11) is 0. The van der Waals surface area contributed by atoms with Gasteiger partial charge in [-0.3, -0.25) is 4.79 Å². The average molecular weight is 282 g/mol. The average Bonchev–Trinajstić information content (AvgIpc) is 2.38. The van der Waals surface area contributed by atoms with Crippen molar-refractivity contribution in [1.29, 1.82) is 0 Å². The Kier molecular flexibility index (Phi) is 6.09. The van der Waals surface area contributed by atoms with Gasteiger partial charge in [0.05, 0.1) is 5.41 Å². The van der Waals surface area contributed by atoms with Gasteiger partial charge in [0, 0.05) is 0 Å². The second-order valence-corrected chi connectivity index (χ2v) is 7.98. The molecular weight excluding hydrogens is 248 g/mol. The highest BCUT2D eigenvalue weighted by molar-refractivity contribution is 5.76. The van der Waals surface area contributed by atoms with E-state index in [-0.39, 0.29) is 17.5 Å². The van der Waals surface area contributed by atoms with Crippen molar-refractivity contribution in [1.82, 2.24) is 0 Å². The standard InChI is InChI=1S/C18H34O2/c1-8-18(6,7)17(19)20-16-10-14(12(2)3)9-15(11-16)13(4)5/h12-16H,8-11H2,1-7H3. The number of esters is 1. The summed E-state index contributed by atoms with van der Waals surface area (Å²) in [4.78, 5) is 12.3. The Bertz CT molecular complexity index is 301. The Balaban J connectivity index is 2.71. The second-order valence-electron chi connectivity index (χ2n) is 7.98. The monoisotopic (exact) mass is 282 g/mol. The van der Waals surface area contributed by atoms with Crippen molar-refractivity contribution in [2.24, 2.45) is 29.1 Å². The maximum Gasteiger partial charge on any atom is 0.311 e. The van der Waals surface area contributed by atoms with E-state index in [1.54, 1.807) is 0 Å². The third-order valence-electron chi connectivity index (χ3n) is 5.33. The highest BCUT2D eigenvalue weighted by Gasteiger charge is 2.36. The van der Waals surface area contributed by atoms with E-state index in [1.165, 1.54) is 6.42 Å². The number of carbonyl (C=O) groups excluding carboxylic acids is 1. The molecule has 1 saturated carbocycles. The molecule has 2 heteroatoms. The Morgan fingerprint density at radius 3 is 1.85 bits per heavy atom. The first kappa shape index (κ1) is 17.5. The normalized spacial score (nSPS) is 27.9. The summed E-state index contributed by atoms with van der Waals surface area (Å²) in [6, 6.07) is 0.